The first-order valence-corrected chi connectivity index (χ1v) is 8.42. The van der Waals surface area contributed by atoms with Gasteiger partial charge in [0.05, 0.1) is 6.61 Å². The van der Waals surface area contributed by atoms with E-state index in [1.807, 2.05) is 13.8 Å². The summed E-state index contributed by atoms with van der Waals surface area (Å²) in [6, 6.07) is 1.38. The normalized spacial score (nSPS) is 12.2. The summed E-state index contributed by atoms with van der Waals surface area (Å²) in [4.78, 5) is 4.24. The van der Waals surface area contributed by atoms with Gasteiger partial charge in [0, 0.05) is 37.4 Å². The second kappa shape index (κ2) is 7.35. The number of rotatable bonds is 7. The van der Waals surface area contributed by atoms with E-state index < -0.39 is 10.0 Å². The molecule has 0 fully saturated rings. The van der Waals surface area contributed by atoms with Crippen LogP contribution < -0.4 is 5.32 Å². The maximum Gasteiger partial charge on any atom is 0.247 e. The van der Waals surface area contributed by atoms with E-state index >= 15 is 0 Å². The molecule has 8 heteroatoms. The first-order valence-electron chi connectivity index (χ1n) is 6.18. The van der Waals surface area contributed by atoms with E-state index in [9.17, 15) is 8.42 Å². The Labute approximate surface area is 128 Å². The third kappa shape index (κ3) is 3.91. The summed E-state index contributed by atoms with van der Waals surface area (Å²) in [5.41, 5.74) is 0. The van der Waals surface area contributed by atoms with Gasteiger partial charge in [0.1, 0.15) is 10.7 Å². The molecule has 0 unspecified atom stereocenters. The number of nitrogens with zero attached hydrogens (tertiary/aromatic N) is 2. The molecule has 0 saturated heterocycles. The van der Waals surface area contributed by atoms with Crippen molar-refractivity contribution in [3.63, 3.8) is 0 Å². The summed E-state index contributed by atoms with van der Waals surface area (Å²) in [6.45, 7) is 4.30. The van der Waals surface area contributed by atoms with Gasteiger partial charge in [-0.15, -0.1) is 0 Å². The van der Waals surface area contributed by atoms with Crippen molar-refractivity contribution in [2.24, 2.45) is 0 Å². The van der Waals surface area contributed by atoms with Crippen LogP contribution in [0.3, 0.4) is 0 Å². The highest BCUT2D eigenvalue weighted by Crippen LogP contribution is 2.26. The zero-order chi connectivity index (χ0) is 15.3. The lowest BCUT2D eigenvalue weighted by Crippen LogP contribution is -2.39. The minimum atomic E-state index is -3.64. The van der Waals surface area contributed by atoms with Crippen molar-refractivity contribution in [2.75, 3.05) is 32.6 Å². The Morgan fingerprint density at radius 3 is 2.65 bits per heavy atom. The van der Waals surface area contributed by atoms with Crippen molar-refractivity contribution in [1.29, 1.82) is 0 Å². The molecular weight excluding hydrogens is 346 g/mol. The molecule has 0 atom stereocenters. The molecule has 114 valence electrons. The summed E-state index contributed by atoms with van der Waals surface area (Å²) in [5.74, 6) is 0.330. The van der Waals surface area contributed by atoms with Crippen molar-refractivity contribution >= 4 is 31.8 Å². The molecule has 0 spiro atoms. The molecule has 1 rings (SSSR count). The number of methoxy groups -OCH3 is 1. The van der Waals surface area contributed by atoms with Gasteiger partial charge < -0.3 is 10.1 Å². The fraction of sp³-hybridized carbons (Fsp3) is 0.583. The fourth-order valence-electron chi connectivity index (χ4n) is 1.77. The highest BCUT2D eigenvalue weighted by Gasteiger charge is 2.29. The second-order valence-corrected chi connectivity index (χ2v) is 7.23. The van der Waals surface area contributed by atoms with Crippen LogP contribution in [0, 0.1) is 0 Å². The van der Waals surface area contributed by atoms with E-state index in [1.165, 1.54) is 4.31 Å². The monoisotopic (exact) mass is 365 g/mol. The second-order valence-electron chi connectivity index (χ2n) is 4.45. The molecule has 0 aliphatic carbocycles. The Morgan fingerprint density at radius 1 is 1.50 bits per heavy atom. The number of halogens is 1. The van der Waals surface area contributed by atoms with Gasteiger partial charge in [0.25, 0.3) is 0 Å². The molecule has 20 heavy (non-hydrogen) atoms. The standard InChI is InChI=1S/C12H20BrN3O3S/c1-9(2)16(5-6-19-4)20(17,18)11-7-10(13)8-15-12(11)14-3/h7-9H,5-6H2,1-4H3,(H,14,15). The maximum absolute atomic E-state index is 12.8. The Morgan fingerprint density at radius 2 is 2.15 bits per heavy atom. The molecule has 1 aromatic heterocycles. The predicted molar refractivity (Wildman–Crippen MR) is 82.4 cm³/mol. The zero-order valence-corrected chi connectivity index (χ0v) is 14.5. The van der Waals surface area contributed by atoms with Crippen LogP contribution in [-0.2, 0) is 14.8 Å². The van der Waals surface area contributed by atoms with E-state index in [1.54, 1.807) is 26.4 Å². The highest BCUT2D eigenvalue weighted by atomic mass is 79.9. The van der Waals surface area contributed by atoms with Gasteiger partial charge in [-0.05, 0) is 35.8 Å². The molecule has 0 radical (unpaired) electrons. The van der Waals surface area contributed by atoms with Gasteiger partial charge >= 0.3 is 0 Å². The number of anilines is 1. The first-order chi connectivity index (χ1) is 9.34. The molecule has 0 saturated carbocycles. The largest absolute Gasteiger partial charge is 0.383 e. The van der Waals surface area contributed by atoms with Crippen molar-refractivity contribution in [3.8, 4) is 0 Å². The number of hydrogen-bond acceptors (Lipinski definition) is 5. The molecule has 6 nitrogen and oxygen atoms in total. The van der Waals surface area contributed by atoms with Gasteiger partial charge in [0.2, 0.25) is 10.0 Å². The number of nitrogens with one attached hydrogen (secondary N) is 1. The molecular formula is C12H20BrN3O3S. The van der Waals surface area contributed by atoms with Crippen molar-refractivity contribution < 1.29 is 13.2 Å². The van der Waals surface area contributed by atoms with Crippen molar-refractivity contribution in [3.05, 3.63) is 16.7 Å². The van der Waals surface area contributed by atoms with Crippen LogP contribution in [0.15, 0.2) is 21.6 Å². The maximum atomic E-state index is 12.8. The summed E-state index contributed by atoms with van der Waals surface area (Å²) in [5, 5.41) is 2.81. The van der Waals surface area contributed by atoms with E-state index in [4.69, 9.17) is 4.74 Å². The van der Waals surface area contributed by atoms with Gasteiger partial charge in [-0.25, -0.2) is 13.4 Å². The van der Waals surface area contributed by atoms with Crippen LogP contribution >= 0.6 is 15.9 Å². The average Bonchev–Trinajstić information content (AvgIpc) is 2.38. The molecule has 0 aliphatic heterocycles. The van der Waals surface area contributed by atoms with Crippen molar-refractivity contribution in [1.82, 2.24) is 9.29 Å². The molecule has 1 N–H and O–H groups in total. The molecule has 1 aromatic rings. The molecule has 0 aliphatic rings. The fourth-order valence-corrected chi connectivity index (χ4v) is 4.05. The number of pyridine rings is 1. The average molecular weight is 366 g/mol. The third-order valence-electron chi connectivity index (χ3n) is 2.73. The smallest absolute Gasteiger partial charge is 0.247 e. The van der Waals surface area contributed by atoms with Crippen LogP contribution in [0.1, 0.15) is 13.8 Å². The first kappa shape index (κ1) is 17.4. The lowest BCUT2D eigenvalue weighted by Gasteiger charge is -2.26. The quantitative estimate of drug-likeness (QED) is 0.799. The summed E-state index contributed by atoms with van der Waals surface area (Å²) < 4.78 is 32.6. The summed E-state index contributed by atoms with van der Waals surface area (Å²) >= 11 is 3.26. The lowest BCUT2D eigenvalue weighted by atomic mass is 10.4. The minimum Gasteiger partial charge on any atom is -0.383 e. The molecule has 1 heterocycles. The van der Waals surface area contributed by atoms with Crippen LogP contribution in [0.5, 0.6) is 0 Å². The van der Waals surface area contributed by atoms with E-state index in [2.05, 4.69) is 26.2 Å². The van der Waals surface area contributed by atoms with Gasteiger partial charge in [-0.2, -0.15) is 4.31 Å². The van der Waals surface area contributed by atoms with E-state index in [0.717, 1.165) is 0 Å². The van der Waals surface area contributed by atoms with Crippen LogP contribution in [0.4, 0.5) is 5.82 Å². The Balaban J connectivity index is 3.28. The lowest BCUT2D eigenvalue weighted by molar-refractivity contribution is 0.171. The van der Waals surface area contributed by atoms with Gasteiger partial charge in [0.15, 0.2) is 0 Å². The topological polar surface area (TPSA) is 71.5 Å². The van der Waals surface area contributed by atoms with Gasteiger partial charge in [-0.1, -0.05) is 0 Å². The number of aromatic nitrogens is 1. The van der Waals surface area contributed by atoms with Crippen LogP contribution in [0.2, 0.25) is 0 Å². The summed E-state index contributed by atoms with van der Waals surface area (Å²) in [7, 11) is -0.450. The van der Waals surface area contributed by atoms with Crippen molar-refractivity contribution in [2.45, 2.75) is 24.8 Å². The van der Waals surface area contributed by atoms with Crippen LogP contribution in [0.25, 0.3) is 0 Å². The molecule has 0 bridgehead atoms. The molecule has 0 amide bonds. The van der Waals surface area contributed by atoms with E-state index in [0.29, 0.717) is 23.4 Å². The highest BCUT2D eigenvalue weighted by molar-refractivity contribution is 9.10. The predicted octanol–water partition coefficient (Wildman–Crippen LogP) is 1.93. The number of sulfonamides is 1. The zero-order valence-electron chi connectivity index (χ0n) is 12.1. The Hall–Kier alpha value is -0.700. The minimum absolute atomic E-state index is 0.152. The molecule has 0 aromatic carbocycles. The Kier molecular flexibility index (Phi) is 6.38. The van der Waals surface area contributed by atoms with Crippen LogP contribution in [-0.4, -0.2) is 51.1 Å². The SMILES string of the molecule is CNc1ncc(Br)cc1S(=O)(=O)N(CCOC)C(C)C. The third-order valence-corrected chi connectivity index (χ3v) is 5.26. The Bertz CT molecular complexity index is 549. The van der Waals surface area contributed by atoms with Gasteiger partial charge in [-0.3, -0.25) is 0 Å². The van der Waals surface area contributed by atoms with E-state index in [-0.39, 0.29) is 10.9 Å². The number of hydrogen-bond donors (Lipinski definition) is 1. The number of ether oxygens (including phenoxy) is 1. The summed E-state index contributed by atoms with van der Waals surface area (Å²) in [6.07, 6.45) is 1.56.